The maximum Gasteiger partial charge on any atom is 0.226 e. The van der Waals surface area contributed by atoms with E-state index in [2.05, 4.69) is 9.97 Å². The molecule has 0 bridgehead atoms. The summed E-state index contributed by atoms with van der Waals surface area (Å²) in [7, 11) is 0. The average Bonchev–Trinajstić information content (AvgIpc) is 3.23. The zero-order chi connectivity index (χ0) is 14.3. The van der Waals surface area contributed by atoms with Gasteiger partial charge in [-0.1, -0.05) is 23.2 Å². The number of ether oxygens (including phenoxy) is 1. The molecule has 1 aliphatic carbocycles. The normalized spacial score (nSPS) is 14.4. The maximum absolute atomic E-state index is 13.1. The molecule has 2 aromatic rings. The zero-order valence-electron chi connectivity index (χ0n) is 10.7. The number of benzene rings is 1. The smallest absolute Gasteiger partial charge is 0.226 e. The molecule has 1 aromatic carbocycles. The van der Waals surface area contributed by atoms with E-state index >= 15 is 0 Å². The fourth-order valence-electron chi connectivity index (χ4n) is 1.76. The molecule has 1 aliphatic rings. The molecular formula is C14H11Cl2FN2O. The Bertz CT molecular complexity index is 674. The molecule has 1 heterocycles. The summed E-state index contributed by atoms with van der Waals surface area (Å²) in [6.45, 7) is 1.78. The Balaban J connectivity index is 1.94. The molecule has 0 radical (unpaired) electrons. The van der Waals surface area contributed by atoms with E-state index in [1.54, 1.807) is 6.92 Å². The second-order valence-electron chi connectivity index (χ2n) is 4.76. The molecule has 104 valence electrons. The summed E-state index contributed by atoms with van der Waals surface area (Å²) < 4.78 is 18.8. The van der Waals surface area contributed by atoms with Crippen LogP contribution < -0.4 is 4.74 Å². The highest BCUT2D eigenvalue weighted by Crippen LogP contribution is 2.40. The first-order valence-electron chi connectivity index (χ1n) is 6.21. The van der Waals surface area contributed by atoms with Gasteiger partial charge in [-0.05, 0) is 31.9 Å². The van der Waals surface area contributed by atoms with Gasteiger partial charge in [-0.15, -0.1) is 0 Å². The van der Waals surface area contributed by atoms with E-state index in [1.807, 2.05) is 0 Å². The van der Waals surface area contributed by atoms with Crippen LogP contribution in [0.4, 0.5) is 4.39 Å². The van der Waals surface area contributed by atoms with Crippen molar-refractivity contribution in [3.63, 3.8) is 0 Å². The Kier molecular flexibility index (Phi) is 3.52. The van der Waals surface area contributed by atoms with Crippen LogP contribution in [0.15, 0.2) is 18.2 Å². The lowest BCUT2D eigenvalue weighted by Gasteiger charge is -2.10. The summed E-state index contributed by atoms with van der Waals surface area (Å²) >= 11 is 11.8. The molecule has 6 heteroatoms. The standard InChI is InChI=1S/C14H11Cl2FN2O/c1-7-12(16)18-13(8-2-3-8)19-14(7)20-9-4-5-11(17)10(15)6-9/h4-6,8H,2-3H2,1H3. The number of hydrogen-bond acceptors (Lipinski definition) is 3. The Hall–Kier alpha value is -1.39. The molecular weight excluding hydrogens is 302 g/mol. The van der Waals surface area contributed by atoms with Crippen molar-refractivity contribution in [2.24, 2.45) is 0 Å². The monoisotopic (exact) mass is 312 g/mol. The van der Waals surface area contributed by atoms with Crippen molar-refractivity contribution in [2.45, 2.75) is 25.7 Å². The Morgan fingerprint density at radius 2 is 2.00 bits per heavy atom. The van der Waals surface area contributed by atoms with Crippen LogP contribution in [-0.2, 0) is 0 Å². The first-order valence-corrected chi connectivity index (χ1v) is 6.97. The Labute approximate surface area is 125 Å². The predicted octanol–water partition coefficient (Wildman–Crippen LogP) is 4.90. The summed E-state index contributed by atoms with van der Waals surface area (Å²) in [5, 5.41) is 0.382. The third-order valence-electron chi connectivity index (χ3n) is 3.11. The average molecular weight is 313 g/mol. The van der Waals surface area contributed by atoms with Gasteiger partial charge in [0.1, 0.15) is 22.5 Å². The minimum Gasteiger partial charge on any atom is -0.439 e. The Morgan fingerprint density at radius 1 is 1.25 bits per heavy atom. The SMILES string of the molecule is Cc1c(Cl)nc(C2CC2)nc1Oc1ccc(F)c(Cl)c1. The van der Waals surface area contributed by atoms with Crippen molar-refractivity contribution in [3.05, 3.63) is 45.6 Å². The van der Waals surface area contributed by atoms with E-state index in [4.69, 9.17) is 27.9 Å². The topological polar surface area (TPSA) is 35.0 Å². The lowest BCUT2D eigenvalue weighted by Crippen LogP contribution is -2.00. The van der Waals surface area contributed by atoms with E-state index in [0.717, 1.165) is 12.8 Å². The van der Waals surface area contributed by atoms with Crippen molar-refractivity contribution >= 4 is 23.2 Å². The van der Waals surface area contributed by atoms with E-state index < -0.39 is 5.82 Å². The van der Waals surface area contributed by atoms with Crippen molar-refractivity contribution in [3.8, 4) is 11.6 Å². The van der Waals surface area contributed by atoms with Crippen molar-refractivity contribution in [1.82, 2.24) is 9.97 Å². The maximum atomic E-state index is 13.1. The van der Waals surface area contributed by atoms with Crippen molar-refractivity contribution in [2.75, 3.05) is 0 Å². The number of rotatable bonds is 3. The van der Waals surface area contributed by atoms with Gasteiger partial charge in [-0.2, -0.15) is 4.98 Å². The van der Waals surface area contributed by atoms with Gasteiger partial charge in [0.05, 0.1) is 5.02 Å². The second-order valence-corrected chi connectivity index (χ2v) is 5.52. The highest BCUT2D eigenvalue weighted by Gasteiger charge is 2.28. The van der Waals surface area contributed by atoms with Gasteiger partial charge in [-0.25, -0.2) is 9.37 Å². The molecule has 0 N–H and O–H groups in total. The van der Waals surface area contributed by atoms with Crippen LogP contribution >= 0.6 is 23.2 Å². The minimum absolute atomic E-state index is 0.00252. The second kappa shape index (κ2) is 5.19. The summed E-state index contributed by atoms with van der Waals surface area (Å²) in [5.74, 6) is 1.37. The summed E-state index contributed by atoms with van der Waals surface area (Å²) in [5.41, 5.74) is 0.650. The molecule has 3 nitrogen and oxygen atoms in total. The van der Waals surface area contributed by atoms with Crippen LogP contribution in [0.1, 0.15) is 30.1 Å². The van der Waals surface area contributed by atoms with Gasteiger partial charge < -0.3 is 4.74 Å². The van der Waals surface area contributed by atoms with Gasteiger partial charge in [-0.3, -0.25) is 0 Å². The van der Waals surface area contributed by atoms with Crippen molar-refractivity contribution < 1.29 is 9.13 Å². The molecule has 0 spiro atoms. The highest BCUT2D eigenvalue weighted by molar-refractivity contribution is 6.31. The van der Waals surface area contributed by atoms with Crippen LogP contribution in [-0.4, -0.2) is 9.97 Å². The van der Waals surface area contributed by atoms with E-state index in [9.17, 15) is 4.39 Å². The molecule has 0 saturated heterocycles. The molecule has 0 unspecified atom stereocenters. The van der Waals surface area contributed by atoms with Crippen LogP contribution in [0.25, 0.3) is 0 Å². The minimum atomic E-state index is -0.491. The molecule has 1 aromatic heterocycles. The van der Waals surface area contributed by atoms with E-state index in [0.29, 0.717) is 34.1 Å². The van der Waals surface area contributed by atoms with Gasteiger partial charge in [0.15, 0.2) is 0 Å². The highest BCUT2D eigenvalue weighted by atomic mass is 35.5. The van der Waals surface area contributed by atoms with Crippen molar-refractivity contribution in [1.29, 1.82) is 0 Å². The quantitative estimate of drug-likeness (QED) is 0.756. The fraction of sp³-hybridized carbons (Fsp3) is 0.286. The van der Waals surface area contributed by atoms with Gasteiger partial charge in [0.25, 0.3) is 0 Å². The number of halogens is 3. The molecule has 0 aliphatic heterocycles. The molecule has 3 rings (SSSR count). The predicted molar refractivity (Wildman–Crippen MR) is 75.2 cm³/mol. The zero-order valence-corrected chi connectivity index (χ0v) is 12.2. The molecule has 0 atom stereocenters. The summed E-state index contributed by atoms with van der Waals surface area (Å²) in [6, 6.07) is 4.15. The third-order valence-corrected chi connectivity index (χ3v) is 3.76. The molecule has 0 amide bonds. The van der Waals surface area contributed by atoms with Crippen LogP contribution in [0.2, 0.25) is 10.2 Å². The largest absolute Gasteiger partial charge is 0.439 e. The molecule has 20 heavy (non-hydrogen) atoms. The van der Waals surface area contributed by atoms with Crippen LogP contribution in [0.5, 0.6) is 11.6 Å². The Morgan fingerprint density at radius 3 is 2.65 bits per heavy atom. The number of aromatic nitrogens is 2. The fourth-order valence-corrected chi connectivity index (χ4v) is 2.10. The lowest BCUT2D eigenvalue weighted by molar-refractivity contribution is 0.453. The number of nitrogens with zero attached hydrogens (tertiary/aromatic N) is 2. The third kappa shape index (κ3) is 2.72. The van der Waals surface area contributed by atoms with Crippen LogP contribution in [0.3, 0.4) is 0 Å². The van der Waals surface area contributed by atoms with Crippen LogP contribution in [0, 0.1) is 12.7 Å². The number of hydrogen-bond donors (Lipinski definition) is 0. The van der Waals surface area contributed by atoms with E-state index in [1.165, 1.54) is 18.2 Å². The summed E-state index contributed by atoms with van der Waals surface area (Å²) in [4.78, 5) is 8.64. The van der Waals surface area contributed by atoms with E-state index in [-0.39, 0.29) is 5.02 Å². The van der Waals surface area contributed by atoms with Gasteiger partial charge >= 0.3 is 0 Å². The van der Waals surface area contributed by atoms with Gasteiger partial charge in [0.2, 0.25) is 5.88 Å². The van der Waals surface area contributed by atoms with Gasteiger partial charge in [0, 0.05) is 17.5 Å². The lowest BCUT2D eigenvalue weighted by atomic mass is 10.3. The first-order chi connectivity index (χ1) is 9.54. The molecule has 1 fully saturated rings. The summed E-state index contributed by atoms with van der Waals surface area (Å²) in [6.07, 6.45) is 2.14. The first kappa shape index (κ1) is 13.6. The molecule has 1 saturated carbocycles.